The summed E-state index contributed by atoms with van der Waals surface area (Å²) < 4.78 is 2.25. The number of benzene rings is 1. The Bertz CT molecular complexity index is 767. The van der Waals surface area contributed by atoms with Gasteiger partial charge >= 0.3 is 0 Å². The number of imidazole rings is 1. The van der Waals surface area contributed by atoms with E-state index in [1.54, 1.807) is 11.3 Å². The molecule has 0 aliphatic rings. The molecular formula is C16H19N3S. The molecule has 1 N–H and O–H groups in total. The molecule has 20 heavy (non-hydrogen) atoms. The zero-order chi connectivity index (χ0) is 14.3. The van der Waals surface area contributed by atoms with Crippen LogP contribution in [0.5, 0.6) is 0 Å². The molecule has 0 unspecified atom stereocenters. The molecule has 0 atom stereocenters. The standard InChI is InChI=1S/C16H19N3S/c1-10-5-6-11(2)14(7-10)17-8-15-13(4)18-16-19(15)12(3)9-20-16/h5-7,9,17H,8H2,1-4H3. The van der Waals surface area contributed by atoms with E-state index >= 15 is 0 Å². The van der Waals surface area contributed by atoms with Crippen molar-refractivity contribution in [2.75, 3.05) is 5.32 Å². The Morgan fingerprint density at radius 2 is 2.00 bits per heavy atom. The minimum atomic E-state index is 0.800. The maximum absolute atomic E-state index is 4.63. The van der Waals surface area contributed by atoms with Crippen LogP contribution in [0.2, 0.25) is 0 Å². The van der Waals surface area contributed by atoms with Crippen molar-refractivity contribution in [3.8, 4) is 0 Å². The third-order valence-corrected chi connectivity index (χ3v) is 4.61. The first-order valence-corrected chi connectivity index (χ1v) is 7.67. The van der Waals surface area contributed by atoms with Crippen LogP contribution >= 0.6 is 11.3 Å². The van der Waals surface area contributed by atoms with Crippen molar-refractivity contribution in [3.63, 3.8) is 0 Å². The molecule has 3 nitrogen and oxygen atoms in total. The predicted octanol–water partition coefficient (Wildman–Crippen LogP) is 4.24. The minimum Gasteiger partial charge on any atom is -0.379 e. The van der Waals surface area contributed by atoms with Crippen LogP contribution < -0.4 is 5.32 Å². The molecule has 104 valence electrons. The second kappa shape index (κ2) is 4.94. The third-order valence-electron chi connectivity index (χ3n) is 3.67. The van der Waals surface area contributed by atoms with Crippen molar-refractivity contribution in [2.24, 2.45) is 0 Å². The van der Waals surface area contributed by atoms with Gasteiger partial charge in [0.1, 0.15) is 0 Å². The van der Waals surface area contributed by atoms with Crippen molar-refractivity contribution in [1.82, 2.24) is 9.38 Å². The van der Waals surface area contributed by atoms with E-state index in [2.05, 4.69) is 66.0 Å². The predicted molar refractivity (Wildman–Crippen MR) is 85.8 cm³/mol. The van der Waals surface area contributed by atoms with Crippen LogP contribution in [0.1, 0.15) is 28.2 Å². The van der Waals surface area contributed by atoms with Crippen LogP contribution in [0, 0.1) is 27.7 Å². The quantitative estimate of drug-likeness (QED) is 0.780. The number of nitrogens with one attached hydrogen (secondary N) is 1. The van der Waals surface area contributed by atoms with Crippen molar-refractivity contribution < 1.29 is 0 Å². The number of aromatic nitrogens is 2. The summed E-state index contributed by atoms with van der Waals surface area (Å²) >= 11 is 1.70. The summed E-state index contributed by atoms with van der Waals surface area (Å²) in [6, 6.07) is 6.50. The van der Waals surface area contributed by atoms with E-state index in [1.165, 1.54) is 28.2 Å². The summed E-state index contributed by atoms with van der Waals surface area (Å²) in [6.45, 7) is 9.27. The highest BCUT2D eigenvalue weighted by Crippen LogP contribution is 2.22. The molecule has 3 aromatic rings. The number of thiazole rings is 1. The maximum atomic E-state index is 4.63. The molecule has 2 heterocycles. The SMILES string of the molecule is Cc1ccc(C)c(NCc2c(C)nc3scc(C)n23)c1. The van der Waals surface area contributed by atoms with E-state index in [-0.39, 0.29) is 0 Å². The molecular weight excluding hydrogens is 266 g/mol. The van der Waals surface area contributed by atoms with Crippen LogP contribution in [0.15, 0.2) is 23.6 Å². The summed E-state index contributed by atoms with van der Waals surface area (Å²) in [6.07, 6.45) is 0. The molecule has 0 spiro atoms. The van der Waals surface area contributed by atoms with Crippen LogP contribution in [-0.4, -0.2) is 9.38 Å². The van der Waals surface area contributed by atoms with Gasteiger partial charge in [0, 0.05) is 16.8 Å². The average molecular weight is 285 g/mol. The van der Waals surface area contributed by atoms with Gasteiger partial charge in [-0.2, -0.15) is 0 Å². The number of rotatable bonds is 3. The molecule has 0 saturated heterocycles. The fraction of sp³-hybridized carbons (Fsp3) is 0.312. The smallest absolute Gasteiger partial charge is 0.194 e. The number of hydrogen-bond donors (Lipinski definition) is 1. The van der Waals surface area contributed by atoms with Crippen molar-refractivity contribution in [2.45, 2.75) is 34.2 Å². The third kappa shape index (κ3) is 2.20. The zero-order valence-electron chi connectivity index (χ0n) is 12.3. The lowest BCUT2D eigenvalue weighted by Crippen LogP contribution is -2.05. The normalized spacial score (nSPS) is 11.2. The molecule has 4 heteroatoms. The van der Waals surface area contributed by atoms with Gasteiger partial charge in [0.05, 0.1) is 17.9 Å². The molecule has 3 rings (SSSR count). The van der Waals surface area contributed by atoms with Gasteiger partial charge in [0.25, 0.3) is 0 Å². The van der Waals surface area contributed by atoms with Crippen LogP contribution in [0.4, 0.5) is 5.69 Å². The van der Waals surface area contributed by atoms with Crippen LogP contribution in [0.3, 0.4) is 0 Å². The van der Waals surface area contributed by atoms with Gasteiger partial charge in [0.2, 0.25) is 0 Å². The van der Waals surface area contributed by atoms with Gasteiger partial charge in [-0.1, -0.05) is 12.1 Å². The van der Waals surface area contributed by atoms with E-state index in [0.717, 1.165) is 17.2 Å². The Hall–Kier alpha value is -1.81. The minimum absolute atomic E-state index is 0.800. The summed E-state index contributed by atoms with van der Waals surface area (Å²) in [7, 11) is 0. The van der Waals surface area contributed by atoms with Gasteiger partial charge in [-0.3, -0.25) is 4.40 Å². The molecule has 0 aliphatic carbocycles. The molecule has 0 radical (unpaired) electrons. The van der Waals surface area contributed by atoms with E-state index in [0.29, 0.717) is 0 Å². The number of aryl methyl sites for hydroxylation is 4. The Balaban J connectivity index is 1.92. The fourth-order valence-electron chi connectivity index (χ4n) is 2.48. The Morgan fingerprint density at radius 1 is 1.20 bits per heavy atom. The Kier molecular flexibility index (Phi) is 3.26. The van der Waals surface area contributed by atoms with Crippen molar-refractivity contribution in [3.05, 3.63) is 51.8 Å². The summed E-state index contributed by atoms with van der Waals surface area (Å²) in [4.78, 5) is 5.71. The van der Waals surface area contributed by atoms with Crippen molar-refractivity contribution in [1.29, 1.82) is 0 Å². The largest absolute Gasteiger partial charge is 0.379 e. The average Bonchev–Trinajstić information content (AvgIpc) is 2.91. The Morgan fingerprint density at radius 3 is 2.80 bits per heavy atom. The molecule has 0 bridgehead atoms. The first-order valence-electron chi connectivity index (χ1n) is 6.79. The highest BCUT2D eigenvalue weighted by atomic mass is 32.1. The number of hydrogen-bond acceptors (Lipinski definition) is 3. The lowest BCUT2D eigenvalue weighted by molar-refractivity contribution is 0.964. The maximum Gasteiger partial charge on any atom is 0.194 e. The fourth-order valence-corrected chi connectivity index (χ4v) is 3.41. The summed E-state index contributed by atoms with van der Waals surface area (Å²) in [5, 5.41) is 5.71. The van der Waals surface area contributed by atoms with Gasteiger partial charge in [-0.05, 0) is 44.9 Å². The van der Waals surface area contributed by atoms with Gasteiger partial charge < -0.3 is 5.32 Å². The van der Waals surface area contributed by atoms with Crippen LogP contribution in [0.25, 0.3) is 4.96 Å². The summed E-state index contributed by atoms with van der Waals surface area (Å²) in [5.74, 6) is 0. The first-order chi connectivity index (χ1) is 9.56. The Labute approximate surface area is 123 Å². The zero-order valence-corrected chi connectivity index (χ0v) is 13.1. The van der Waals surface area contributed by atoms with Gasteiger partial charge in [-0.25, -0.2) is 4.98 Å². The summed E-state index contributed by atoms with van der Waals surface area (Å²) in [5.41, 5.74) is 7.36. The monoisotopic (exact) mass is 285 g/mol. The molecule has 0 fully saturated rings. The number of fused-ring (bicyclic) bond motifs is 1. The lowest BCUT2D eigenvalue weighted by atomic mass is 10.1. The topological polar surface area (TPSA) is 29.3 Å². The molecule has 1 aromatic carbocycles. The van der Waals surface area contributed by atoms with E-state index < -0.39 is 0 Å². The van der Waals surface area contributed by atoms with Gasteiger partial charge in [-0.15, -0.1) is 11.3 Å². The van der Waals surface area contributed by atoms with E-state index in [4.69, 9.17) is 0 Å². The highest BCUT2D eigenvalue weighted by Gasteiger charge is 2.12. The molecule has 0 saturated carbocycles. The van der Waals surface area contributed by atoms with Crippen LogP contribution in [-0.2, 0) is 6.54 Å². The van der Waals surface area contributed by atoms with Gasteiger partial charge in [0.15, 0.2) is 4.96 Å². The first kappa shape index (κ1) is 13.2. The molecule has 0 amide bonds. The molecule has 0 aliphatic heterocycles. The van der Waals surface area contributed by atoms with Crippen molar-refractivity contribution >= 4 is 22.0 Å². The van der Waals surface area contributed by atoms with E-state index in [9.17, 15) is 0 Å². The number of anilines is 1. The lowest BCUT2D eigenvalue weighted by Gasteiger charge is -2.11. The second-order valence-electron chi connectivity index (χ2n) is 5.31. The number of nitrogens with zero attached hydrogens (tertiary/aromatic N) is 2. The second-order valence-corrected chi connectivity index (χ2v) is 6.15. The molecule has 2 aromatic heterocycles. The highest BCUT2D eigenvalue weighted by molar-refractivity contribution is 7.15. The van der Waals surface area contributed by atoms with E-state index in [1.807, 2.05) is 0 Å².